The lowest BCUT2D eigenvalue weighted by Gasteiger charge is -2.25. The molecule has 1 N–H and O–H groups in total. The molecule has 0 saturated carbocycles. The first-order valence-electron chi connectivity index (χ1n) is 7.52. The molecule has 0 spiro atoms. The van der Waals surface area contributed by atoms with Crippen molar-refractivity contribution in [1.29, 1.82) is 5.26 Å². The smallest absolute Gasteiger partial charge is 0.322 e. The van der Waals surface area contributed by atoms with E-state index in [9.17, 15) is 4.79 Å². The minimum absolute atomic E-state index is 0.0284. The monoisotopic (exact) mass is 337 g/mol. The normalized spacial score (nSPS) is 16.7. The molecule has 2 amide bonds. The van der Waals surface area contributed by atoms with E-state index in [0.29, 0.717) is 29.5 Å². The van der Waals surface area contributed by atoms with Crippen LogP contribution in [0.25, 0.3) is 0 Å². The van der Waals surface area contributed by atoms with Crippen molar-refractivity contribution in [2.45, 2.75) is 25.4 Å². The van der Waals surface area contributed by atoms with Crippen molar-refractivity contribution in [1.82, 2.24) is 4.90 Å². The van der Waals surface area contributed by atoms with E-state index in [1.807, 2.05) is 0 Å². The number of nitrogens with one attached hydrogen (secondary N) is 1. The van der Waals surface area contributed by atoms with Crippen LogP contribution in [0.3, 0.4) is 0 Å². The van der Waals surface area contributed by atoms with E-state index in [1.54, 1.807) is 23.1 Å². The van der Waals surface area contributed by atoms with Gasteiger partial charge >= 0.3 is 6.03 Å². The molecule has 1 heterocycles. The molecule has 1 aromatic carbocycles. The summed E-state index contributed by atoms with van der Waals surface area (Å²) >= 11 is 5.97. The van der Waals surface area contributed by atoms with Crippen molar-refractivity contribution in [3.05, 3.63) is 23.2 Å². The maximum absolute atomic E-state index is 12.5. The van der Waals surface area contributed by atoms with Gasteiger partial charge in [0.05, 0.1) is 31.4 Å². The van der Waals surface area contributed by atoms with Crippen LogP contribution in [-0.2, 0) is 4.74 Å². The Hall–Kier alpha value is -1.97. The molecule has 7 heteroatoms. The lowest BCUT2D eigenvalue weighted by molar-refractivity contribution is 0.0841. The van der Waals surface area contributed by atoms with Crippen molar-refractivity contribution in [3.63, 3.8) is 0 Å². The highest BCUT2D eigenvalue weighted by Crippen LogP contribution is 2.28. The highest BCUT2D eigenvalue weighted by Gasteiger charge is 2.23. The van der Waals surface area contributed by atoms with E-state index in [2.05, 4.69) is 11.4 Å². The second-order valence-corrected chi connectivity index (χ2v) is 5.70. The second-order valence-electron chi connectivity index (χ2n) is 5.26. The third-order valence-corrected chi connectivity index (χ3v) is 3.87. The summed E-state index contributed by atoms with van der Waals surface area (Å²) in [6, 6.07) is 6.78. The fourth-order valence-electron chi connectivity index (χ4n) is 2.47. The minimum atomic E-state index is -0.295. The fourth-order valence-corrected chi connectivity index (χ4v) is 2.64. The van der Waals surface area contributed by atoms with Crippen molar-refractivity contribution in [2.24, 2.45) is 0 Å². The summed E-state index contributed by atoms with van der Waals surface area (Å²) < 4.78 is 10.8. The number of anilines is 1. The van der Waals surface area contributed by atoms with Gasteiger partial charge in [-0.05, 0) is 31.0 Å². The summed E-state index contributed by atoms with van der Waals surface area (Å²) in [6.45, 7) is 1.54. The molecule has 1 fully saturated rings. The number of nitrogens with zero attached hydrogens (tertiary/aromatic N) is 2. The zero-order valence-electron chi connectivity index (χ0n) is 13.0. The first-order valence-corrected chi connectivity index (χ1v) is 7.90. The summed E-state index contributed by atoms with van der Waals surface area (Å²) in [7, 11) is 1.53. The van der Waals surface area contributed by atoms with Crippen LogP contribution in [0.5, 0.6) is 5.75 Å². The van der Waals surface area contributed by atoms with Crippen LogP contribution in [0.2, 0.25) is 5.02 Å². The number of rotatable bonds is 6. The van der Waals surface area contributed by atoms with Crippen molar-refractivity contribution >= 4 is 23.3 Å². The van der Waals surface area contributed by atoms with Crippen molar-refractivity contribution in [3.8, 4) is 11.8 Å². The Morgan fingerprint density at radius 3 is 3.09 bits per heavy atom. The first kappa shape index (κ1) is 17.4. The van der Waals surface area contributed by atoms with E-state index in [0.717, 1.165) is 19.4 Å². The molecule has 1 atom stereocenters. The summed E-state index contributed by atoms with van der Waals surface area (Å²) in [6.07, 6.45) is 2.23. The molecule has 0 bridgehead atoms. The number of carbonyl (C=O) groups excluding carboxylic acids is 1. The summed E-state index contributed by atoms with van der Waals surface area (Å²) in [5.74, 6) is 0.528. The third-order valence-electron chi connectivity index (χ3n) is 3.63. The van der Waals surface area contributed by atoms with Gasteiger partial charge in [-0.1, -0.05) is 11.6 Å². The Morgan fingerprint density at radius 2 is 2.43 bits per heavy atom. The number of methoxy groups -OCH3 is 1. The lowest BCUT2D eigenvalue weighted by Crippen LogP contribution is -2.40. The molecule has 1 unspecified atom stereocenters. The number of nitriles is 1. The van der Waals surface area contributed by atoms with Gasteiger partial charge in [0, 0.05) is 24.7 Å². The van der Waals surface area contributed by atoms with Gasteiger partial charge in [-0.25, -0.2) is 4.79 Å². The maximum Gasteiger partial charge on any atom is 0.322 e. The van der Waals surface area contributed by atoms with Crippen LogP contribution in [0.4, 0.5) is 10.5 Å². The molecular formula is C16H20ClN3O3. The SMILES string of the molecule is COc1ccc(Cl)cc1NC(=O)N(CCC#N)CC1CCCO1. The Kier molecular flexibility index (Phi) is 6.51. The molecule has 0 aromatic heterocycles. The largest absolute Gasteiger partial charge is 0.495 e. The van der Waals surface area contributed by atoms with Crippen LogP contribution in [-0.4, -0.2) is 43.8 Å². The number of halogens is 1. The summed E-state index contributed by atoms with van der Waals surface area (Å²) in [5.41, 5.74) is 0.499. The predicted octanol–water partition coefficient (Wildman–Crippen LogP) is 3.28. The van der Waals surface area contributed by atoms with Gasteiger partial charge in [-0.2, -0.15) is 5.26 Å². The van der Waals surface area contributed by atoms with E-state index < -0.39 is 0 Å². The van der Waals surface area contributed by atoms with Crippen molar-refractivity contribution in [2.75, 3.05) is 32.1 Å². The van der Waals surface area contributed by atoms with Gasteiger partial charge in [0.1, 0.15) is 5.75 Å². The van der Waals surface area contributed by atoms with Gasteiger partial charge in [-0.15, -0.1) is 0 Å². The Labute approximate surface area is 140 Å². The average Bonchev–Trinajstić information content (AvgIpc) is 3.04. The van der Waals surface area contributed by atoms with Gasteiger partial charge in [-0.3, -0.25) is 0 Å². The van der Waals surface area contributed by atoms with Crippen LogP contribution in [0.1, 0.15) is 19.3 Å². The van der Waals surface area contributed by atoms with E-state index in [-0.39, 0.29) is 18.6 Å². The Balaban J connectivity index is 2.07. The van der Waals surface area contributed by atoms with Gasteiger partial charge in [0.15, 0.2) is 0 Å². The number of amides is 2. The molecule has 23 heavy (non-hydrogen) atoms. The molecule has 2 rings (SSSR count). The quantitative estimate of drug-likeness (QED) is 0.864. The number of hydrogen-bond acceptors (Lipinski definition) is 4. The molecule has 1 saturated heterocycles. The molecular weight excluding hydrogens is 318 g/mol. The topological polar surface area (TPSA) is 74.6 Å². The highest BCUT2D eigenvalue weighted by atomic mass is 35.5. The minimum Gasteiger partial charge on any atom is -0.495 e. The van der Waals surface area contributed by atoms with Crippen molar-refractivity contribution < 1.29 is 14.3 Å². The van der Waals surface area contributed by atoms with Crippen LogP contribution >= 0.6 is 11.6 Å². The summed E-state index contributed by atoms with van der Waals surface area (Å²) in [5, 5.41) is 12.1. The number of urea groups is 1. The molecule has 1 aliphatic heterocycles. The molecule has 0 radical (unpaired) electrons. The number of benzene rings is 1. The first-order chi connectivity index (χ1) is 11.1. The number of hydrogen-bond donors (Lipinski definition) is 1. The van der Waals surface area contributed by atoms with Crippen LogP contribution in [0, 0.1) is 11.3 Å². The standard InChI is InChI=1S/C16H20ClN3O3/c1-22-15-6-5-12(17)10-14(15)19-16(21)20(8-3-7-18)11-13-4-2-9-23-13/h5-6,10,13H,2-4,8-9,11H2,1H3,(H,19,21). The maximum atomic E-state index is 12.5. The molecule has 124 valence electrons. The Morgan fingerprint density at radius 1 is 1.61 bits per heavy atom. The van der Waals surface area contributed by atoms with Gasteiger partial charge < -0.3 is 19.7 Å². The zero-order chi connectivity index (χ0) is 16.7. The third kappa shape index (κ3) is 5.02. The predicted molar refractivity (Wildman–Crippen MR) is 87.8 cm³/mol. The molecule has 6 nitrogen and oxygen atoms in total. The van der Waals surface area contributed by atoms with E-state index in [1.165, 1.54) is 7.11 Å². The number of ether oxygens (including phenoxy) is 2. The fraction of sp³-hybridized carbons (Fsp3) is 0.500. The highest BCUT2D eigenvalue weighted by molar-refractivity contribution is 6.31. The molecule has 1 aliphatic rings. The van der Waals surface area contributed by atoms with Gasteiger partial charge in [0.2, 0.25) is 0 Å². The zero-order valence-corrected chi connectivity index (χ0v) is 13.8. The summed E-state index contributed by atoms with van der Waals surface area (Å²) in [4.78, 5) is 14.1. The van der Waals surface area contributed by atoms with E-state index in [4.69, 9.17) is 26.3 Å². The van der Waals surface area contributed by atoms with Gasteiger partial charge in [0.25, 0.3) is 0 Å². The molecule has 1 aromatic rings. The Bertz CT molecular complexity index is 582. The van der Waals surface area contributed by atoms with E-state index >= 15 is 0 Å². The van der Waals surface area contributed by atoms with Crippen LogP contribution < -0.4 is 10.1 Å². The average molecular weight is 338 g/mol. The number of carbonyl (C=O) groups is 1. The second kappa shape index (κ2) is 8.61. The van der Waals surface area contributed by atoms with Crippen LogP contribution in [0.15, 0.2) is 18.2 Å². The lowest BCUT2D eigenvalue weighted by atomic mass is 10.2. The molecule has 0 aliphatic carbocycles.